The molecule has 2 aromatic carbocycles. The molecule has 29 heavy (non-hydrogen) atoms. The highest BCUT2D eigenvalue weighted by Gasteiger charge is 2.28. The summed E-state index contributed by atoms with van der Waals surface area (Å²) in [5, 5.41) is 3.58. The second kappa shape index (κ2) is 9.79. The summed E-state index contributed by atoms with van der Waals surface area (Å²) in [6, 6.07) is 14.0. The molecule has 2 amide bonds. The predicted octanol–water partition coefficient (Wildman–Crippen LogP) is 4.22. The largest absolute Gasteiger partial charge is 0.497 e. The second-order valence-electron chi connectivity index (χ2n) is 8.09. The van der Waals surface area contributed by atoms with Gasteiger partial charge in [-0.05, 0) is 63.1 Å². The van der Waals surface area contributed by atoms with E-state index in [0.717, 1.165) is 11.1 Å². The molecule has 6 heteroatoms. The van der Waals surface area contributed by atoms with E-state index in [1.165, 1.54) is 0 Å². The smallest absolute Gasteiger partial charge is 0.242 e. The van der Waals surface area contributed by atoms with Gasteiger partial charge >= 0.3 is 0 Å². The van der Waals surface area contributed by atoms with Gasteiger partial charge in [0.15, 0.2) is 0 Å². The van der Waals surface area contributed by atoms with Crippen molar-refractivity contribution in [1.82, 2.24) is 10.2 Å². The average molecular weight is 417 g/mol. The molecule has 1 N–H and O–H groups in total. The van der Waals surface area contributed by atoms with Gasteiger partial charge in [0.05, 0.1) is 13.5 Å². The number of carbonyl (C=O) groups excluding carboxylic acids is 2. The number of nitrogens with zero attached hydrogens (tertiary/aromatic N) is 1. The van der Waals surface area contributed by atoms with Gasteiger partial charge in [0, 0.05) is 17.1 Å². The summed E-state index contributed by atoms with van der Waals surface area (Å²) in [7, 11) is 1.60. The van der Waals surface area contributed by atoms with Crippen molar-refractivity contribution in [1.29, 1.82) is 0 Å². The number of benzene rings is 2. The van der Waals surface area contributed by atoms with Crippen molar-refractivity contribution in [3.63, 3.8) is 0 Å². The summed E-state index contributed by atoms with van der Waals surface area (Å²) >= 11 is 5.94. The van der Waals surface area contributed by atoms with Gasteiger partial charge in [0.25, 0.3) is 0 Å². The summed E-state index contributed by atoms with van der Waals surface area (Å²) in [5.41, 5.74) is 1.36. The maximum atomic E-state index is 13.1. The first kappa shape index (κ1) is 22.8. The van der Waals surface area contributed by atoms with Gasteiger partial charge in [-0.3, -0.25) is 9.59 Å². The highest BCUT2D eigenvalue weighted by molar-refractivity contribution is 6.30. The maximum absolute atomic E-state index is 13.1. The first-order chi connectivity index (χ1) is 13.6. The van der Waals surface area contributed by atoms with Crippen molar-refractivity contribution >= 4 is 23.4 Å². The second-order valence-corrected chi connectivity index (χ2v) is 8.53. The van der Waals surface area contributed by atoms with Gasteiger partial charge in [-0.2, -0.15) is 0 Å². The van der Waals surface area contributed by atoms with Crippen LogP contribution in [0.1, 0.15) is 38.8 Å². The zero-order valence-electron chi connectivity index (χ0n) is 17.7. The van der Waals surface area contributed by atoms with Crippen LogP contribution in [-0.4, -0.2) is 35.4 Å². The molecular weight excluding hydrogens is 388 g/mol. The van der Waals surface area contributed by atoms with Crippen molar-refractivity contribution < 1.29 is 14.3 Å². The Kier molecular flexibility index (Phi) is 7.68. The molecule has 0 fully saturated rings. The highest BCUT2D eigenvalue weighted by Crippen LogP contribution is 2.18. The molecule has 0 saturated carbocycles. The summed E-state index contributed by atoms with van der Waals surface area (Å²) < 4.78 is 5.28. The monoisotopic (exact) mass is 416 g/mol. The topological polar surface area (TPSA) is 58.6 Å². The fourth-order valence-electron chi connectivity index (χ4n) is 2.90. The van der Waals surface area contributed by atoms with Crippen LogP contribution in [-0.2, 0) is 22.6 Å². The number of nitrogens with one attached hydrogen (secondary N) is 1. The molecule has 0 heterocycles. The Morgan fingerprint density at radius 1 is 1.10 bits per heavy atom. The lowest BCUT2D eigenvalue weighted by molar-refractivity contribution is -0.140. The first-order valence-corrected chi connectivity index (χ1v) is 9.96. The molecule has 0 aromatic heterocycles. The van der Waals surface area contributed by atoms with Crippen LogP contribution >= 0.6 is 11.6 Å². The summed E-state index contributed by atoms with van der Waals surface area (Å²) in [6.45, 7) is 7.81. The molecule has 2 aromatic rings. The van der Waals surface area contributed by atoms with Crippen molar-refractivity contribution in [3.8, 4) is 5.75 Å². The van der Waals surface area contributed by atoms with E-state index in [4.69, 9.17) is 16.3 Å². The number of methoxy groups -OCH3 is 1. The number of hydrogen-bond donors (Lipinski definition) is 1. The van der Waals surface area contributed by atoms with Crippen molar-refractivity contribution in [2.24, 2.45) is 0 Å². The van der Waals surface area contributed by atoms with E-state index in [2.05, 4.69) is 5.32 Å². The van der Waals surface area contributed by atoms with E-state index in [1.54, 1.807) is 31.1 Å². The SMILES string of the molecule is COc1cccc(CN(C(=O)Cc2ccc(Cl)cc2)[C@H](C)C(=O)NC(C)(C)C)c1. The molecule has 0 radical (unpaired) electrons. The third-order valence-electron chi connectivity index (χ3n) is 4.42. The molecule has 5 nitrogen and oxygen atoms in total. The molecule has 0 aliphatic carbocycles. The van der Waals surface area contributed by atoms with E-state index >= 15 is 0 Å². The van der Waals surface area contributed by atoms with E-state index in [0.29, 0.717) is 17.3 Å². The van der Waals surface area contributed by atoms with Crippen molar-refractivity contribution in [2.45, 2.75) is 52.2 Å². The minimum absolute atomic E-state index is 0.133. The van der Waals surface area contributed by atoms with Crippen LogP contribution in [0.5, 0.6) is 5.75 Å². The third-order valence-corrected chi connectivity index (χ3v) is 4.67. The molecule has 2 rings (SSSR count). The molecule has 0 unspecified atom stereocenters. The average Bonchev–Trinajstić information content (AvgIpc) is 2.66. The van der Waals surface area contributed by atoms with Crippen LogP contribution in [0.4, 0.5) is 0 Å². The molecule has 0 aliphatic heterocycles. The van der Waals surface area contributed by atoms with Gasteiger partial charge in [0.1, 0.15) is 11.8 Å². The number of hydrogen-bond acceptors (Lipinski definition) is 3. The van der Waals surface area contributed by atoms with Crippen LogP contribution in [0.25, 0.3) is 0 Å². The minimum Gasteiger partial charge on any atom is -0.497 e. The highest BCUT2D eigenvalue weighted by atomic mass is 35.5. The van der Waals surface area contributed by atoms with E-state index in [-0.39, 0.29) is 23.8 Å². The molecule has 156 valence electrons. The normalized spacial score (nSPS) is 12.2. The van der Waals surface area contributed by atoms with Gasteiger partial charge in [0.2, 0.25) is 11.8 Å². The summed E-state index contributed by atoms with van der Waals surface area (Å²) in [5.74, 6) is 0.385. The molecule has 1 atom stereocenters. The lowest BCUT2D eigenvalue weighted by atomic mass is 10.1. The Balaban J connectivity index is 2.26. The van der Waals surface area contributed by atoms with Gasteiger partial charge in [-0.1, -0.05) is 35.9 Å². The first-order valence-electron chi connectivity index (χ1n) is 9.58. The van der Waals surface area contributed by atoms with Crippen LogP contribution in [0.2, 0.25) is 5.02 Å². The maximum Gasteiger partial charge on any atom is 0.242 e. The van der Waals surface area contributed by atoms with Crippen molar-refractivity contribution in [3.05, 3.63) is 64.7 Å². The molecular formula is C23H29ClN2O3. The summed E-state index contributed by atoms with van der Waals surface area (Å²) in [6.07, 6.45) is 0.189. The van der Waals surface area contributed by atoms with Crippen LogP contribution in [0.3, 0.4) is 0 Å². The quantitative estimate of drug-likeness (QED) is 0.735. The van der Waals surface area contributed by atoms with E-state index in [1.807, 2.05) is 57.2 Å². The number of amides is 2. The zero-order valence-corrected chi connectivity index (χ0v) is 18.4. The molecule has 0 spiro atoms. The minimum atomic E-state index is -0.625. The molecule has 0 aliphatic rings. The standard InChI is InChI=1S/C23H29ClN2O3/c1-16(22(28)25-23(2,3)4)26(15-18-7-6-8-20(13-18)29-5)21(27)14-17-9-11-19(24)12-10-17/h6-13,16H,14-15H2,1-5H3,(H,25,28)/t16-/m1/s1. The molecule has 0 saturated heterocycles. The van der Waals surface area contributed by atoms with Crippen LogP contribution < -0.4 is 10.1 Å². The lowest BCUT2D eigenvalue weighted by Gasteiger charge is -2.31. The third kappa shape index (κ3) is 7.09. The van der Waals surface area contributed by atoms with Gasteiger partial charge in [-0.15, -0.1) is 0 Å². The Morgan fingerprint density at radius 2 is 1.76 bits per heavy atom. The van der Waals surface area contributed by atoms with Crippen molar-refractivity contribution in [2.75, 3.05) is 7.11 Å². The number of carbonyl (C=O) groups is 2. The Labute approximate surface area is 178 Å². The van der Waals surface area contributed by atoms with Crippen LogP contribution in [0.15, 0.2) is 48.5 Å². The fourth-order valence-corrected chi connectivity index (χ4v) is 3.03. The number of ether oxygens (including phenoxy) is 1. The van der Waals surface area contributed by atoms with Gasteiger partial charge < -0.3 is 15.0 Å². The number of rotatable bonds is 7. The van der Waals surface area contributed by atoms with E-state index in [9.17, 15) is 9.59 Å². The number of halogens is 1. The lowest BCUT2D eigenvalue weighted by Crippen LogP contribution is -2.52. The Bertz CT molecular complexity index is 844. The summed E-state index contributed by atoms with van der Waals surface area (Å²) in [4.78, 5) is 27.5. The molecule has 0 bridgehead atoms. The van der Waals surface area contributed by atoms with Gasteiger partial charge in [-0.25, -0.2) is 0 Å². The Hall–Kier alpha value is -2.53. The van der Waals surface area contributed by atoms with E-state index < -0.39 is 6.04 Å². The Morgan fingerprint density at radius 3 is 2.34 bits per heavy atom. The zero-order chi connectivity index (χ0) is 21.6. The fraction of sp³-hybridized carbons (Fsp3) is 0.391. The predicted molar refractivity (Wildman–Crippen MR) is 116 cm³/mol. The van der Waals surface area contributed by atoms with Crippen LogP contribution in [0, 0.1) is 0 Å².